The molecule has 0 N–H and O–H groups in total. The zero-order chi connectivity index (χ0) is 24.7. The Morgan fingerprint density at radius 2 is 1.31 bits per heavy atom. The molecular weight excluding hydrogens is 465 g/mol. The van der Waals surface area contributed by atoms with E-state index < -0.39 is 15.8 Å². The van der Waals surface area contributed by atoms with Gasteiger partial charge in [0.1, 0.15) is 12.4 Å². The number of hydrogen-bond acceptors (Lipinski definition) is 4. The molecule has 0 radical (unpaired) electrons. The molecule has 0 atom stereocenters. The second-order valence-electron chi connectivity index (χ2n) is 7.97. The Hall–Kier alpha value is -3.68. The van der Waals surface area contributed by atoms with Crippen molar-refractivity contribution in [2.75, 3.05) is 7.11 Å². The summed E-state index contributed by atoms with van der Waals surface area (Å²) in [7, 11) is -2.35. The lowest BCUT2D eigenvalue weighted by atomic mass is 10.2. The van der Waals surface area contributed by atoms with Crippen molar-refractivity contribution in [3.63, 3.8) is 0 Å². The van der Waals surface area contributed by atoms with Crippen LogP contribution in [0, 0.1) is 5.82 Å². The highest BCUT2D eigenvalue weighted by Crippen LogP contribution is 2.30. The fourth-order valence-electron chi connectivity index (χ4n) is 3.64. The van der Waals surface area contributed by atoms with E-state index in [4.69, 9.17) is 9.47 Å². The van der Waals surface area contributed by atoms with Crippen molar-refractivity contribution < 1.29 is 22.3 Å². The number of hydrogen-bond donors (Lipinski definition) is 0. The van der Waals surface area contributed by atoms with Crippen molar-refractivity contribution >= 4 is 10.0 Å². The Labute approximate surface area is 205 Å². The van der Waals surface area contributed by atoms with Crippen LogP contribution in [-0.2, 0) is 29.7 Å². The summed E-state index contributed by atoms with van der Waals surface area (Å²) in [6, 6.07) is 29.4. The lowest BCUT2D eigenvalue weighted by Gasteiger charge is -2.23. The van der Waals surface area contributed by atoms with Crippen molar-refractivity contribution in [2.45, 2.75) is 24.6 Å². The predicted octanol–water partition coefficient (Wildman–Crippen LogP) is 5.80. The van der Waals surface area contributed by atoms with Crippen molar-refractivity contribution in [2.24, 2.45) is 0 Å². The fraction of sp³-hybridized carbons (Fsp3) is 0.143. The van der Waals surface area contributed by atoms with E-state index in [2.05, 4.69) is 0 Å². The second kappa shape index (κ2) is 11.2. The Kier molecular flexibility index (Phi) is 7.80. The molecule has 7 heteroatoms. The first-order chi connectivity index (χ1) is 17.0. The van der Waals surface area contributed by atoms with E-state index in [1.165, 1.54) is 16.4 Å². The van der Waals surface area contributed by atoms with Gasteiger partial charge in [0, 0.05) is 13.1 Å². The van der Waals surface area contributed by atoms with Gasteiger partial charge in [-0.3, -0.25) is 0 Å². The molecule has 0 unspecified atom stereocenters. The Morgan fingerprint density at radius 3 is 1.94 bits per heavy atom. The van der Waals surface area contributed by atoms with E-state index in [0.29, 0.717) is 18.1 Å². The van der Waals surface area contributed by atoms with Gasteiger partial charge in [-0.1, -0.05) is 66.7 Å². The molecule has 180 valence electrons. The summed E-state index contributed by atoms with van der Waals surface area (Å²) in [5.74, 6) is 0.586. The largest absolute Gasteiger partial charge is 0.493 e. The first-order valence-corrected chi connectivity index (χ1v) is 12.5. The fourth-order valence-corrected chi connectivity index (χ4v) is 5.05. The number of methoxy groups -OCH3 is 1. The molecular formula is C28H26FNO4S. The van der Waals surface area contributed by atoms with Crippen molar-refractivity contribution in [3.8, 4) is 11.5 Å². The van der Waals surface area contributed by atoms with E-state index in [0.717, 1.165) is 28.8 Å². The summed E-state index contributed by atoms with van der Waals surface area (Å²) in [6.45, 7) is 0.647. The normalized spacial score (nSPS) is 11.4. The van der Waals surface area contributed by atoms with Gasteiger partial charge in [0.2, 0.25) is 10.0 Å². The molecule has 0 bridgehead atoms. The first kappa shape index (κ1) is 24.4. The van der Waals surface area contributed by atoms with Gasteiger partial charge in [-0.25, -0.2) is 12.8 Å². The molecule has 0 heterocycles. The van der Waals surface area contributed by atoms with Crippen LogP contribution in [0.15, 0.2) is 108 Å². The number of ether oxygens (including phenoxy) is 2. The van der Waals surface area contributed by atoms with E-state index in [1.54, 1.807) is 19.2 Å². The summed E-state index contributed by atoms with van der Waals surface area (Å²) in [5, 5.41) is 0. The van der Waals surface area contributed by atoms with E-state index >= 15 is 0 Å². The second-order valence-corrected chi connectivity index (χ2v) is 9.91. The number of rotatable bonds is 10. The molecule has 4 rings (SSSR count). The van der Waals surface area contributed by atoms with E-state index in [-0.39, 0.29) is 18.0 Å². The van der Waals surface area contributed by atoms with Crippen molar-refractivity contribution in [3.05, 3.63) is 126 Å². The van der Waals surface area contributed by atoms with Gasteiger partial charge >= 0.3 is 0 Å². The SMILES string of the molecule is COc1cc(CN(Cc2ccccc2)S(=O)(=O)c2ccc(F)cc2)ccc1OCc1ccccc1. The van der Waals surface area contributed by atoms with Gasteiger partial charge in [-0.15, -0.1) is 0 Å². The maximum Gasteiger partial charge on any atom is 0.243 e. The molecule has 0 aliphatic rings. The van der Waals surface area contributed by atoms with Crippen LogP contribution in [0.2, 0.25) is 0 Å². The minimum absolute atomic E-state index is 0.0320. The Balaban J connectivity index is 1.60. The molecule has 0 fully saturated rings. The highest BCUT2D eigenvalue weighted by molar-refractivity contribution is 7.89. The molecule has 0 aliphatic carbocycles. The summed E-state index contributed by atoms with van der Waals surface area (Å²) in [5.41, 5.74) is 2.60. The van der Waals surface area contributed by atoms with Crippen molar-refractivity contribution in [1.82, 2.24) is 4.31 Å². The minimum atomic E-state index is -3.90. The number of halogens is 1. The summed E-state index contributed by atoms with van der Waals surface area (Å²) < 4.78 is 53.2. The Morgan fingerprint density at radius 1 is 0.714 bits per heavy atom. The lowest BCUT2D eigenvalue weighted by Crippen LogP contribution is -2.30. The number of benzene rings is 4. The van der Waals surface area contributed by atoms with Gasteiger partial charge in [-0.05, 0) is 53.1 Å². The first-order valence-electron chi connectivity index (χ1n) is 11.1. The van der Waals surface area contributed by atoms with Gasteiger partial charge in [0.25, 0.3) is 0 Å². The molecule has 0 amide bonds. The number of nitrogens with zero attached hydrogens (tertiary/aromatic N) is 1. The average Bonchev–Trinajstić information content (AvgIpc) is 2.89. The maximum absolute atomic E-state index is 13.5. The van der Waals surface area contributed by atoms with Gasteiger partial charge in [0.15, 0.2) is 11.5 Å². The molecule has 0 aromatic heterocycles. The van der Waals surface area contributed by atoms with Crippen LogP contribution >= 0.6 is 0 Å². The summed E-state index contributed by atoms with van der Waals surface area (Å²) in [6.07, 6.45) is 0. The maximum atomic E-state index is 13.5. The quantitative estimate of drug-likeness (QED) is 0.281. The molecule has 4 aromatic rings. The van der Waals surface area contributed by atoms with Gasteiger partial charge < -0.3 is 9.47 Å². The van der Waals surface area contributed by atoms with Crippen LogP contribution < -0.4 is 9.47 Å². The highest BCUT2D eigenvalue weighted by atomic mass is 32.2. The zero-order valence-electron chi connectivity index (χ0n) is 19.3. The van der Waals surface area contributed by atoms with Crippen LogP contribution in [0.1, 0.15) is 16.7 Å². The monoisotopic (exact) mass is 491 g/mol. The third kappa shape index (κ3) is 6.26. The molecule has 0 aliphatic heterocycles. The molecule has 0 saturated heterocycles. The smallest absolute Gasteiger partial charge is 0.243 e. The molecule has 5 nitrogen and oxygen atoms in total. The van der Waals surface area contributed by atoms with E-state index in [1.807, 2.05) is 66.7 Å². The van der Waals surface area contributed by atoms with Crippen LogP contribution in [0.25, 0.3) is 0 Å². The summed E-state index contributed by atoms with van der Waals surface area (Å²) in [4.78, 5) is 0.0320. The minimum Gasteiger partial charge on any atom is -0.493 e. The molecule has 0 saturated carbocycles. The molecule has 4 aromatic carbocycles. The Bertz CT molecular complexity index is 1350. The third-order valence-electron chi connectivity index (χ3n) is 5.48. The third-order valence-corrected chi connectivity index (χ3v) is 7.28. The lowest BCUT2D eigenvalue weighted by molar-refractivity contribution is 0.284. The molecule has 0 spiro atoms. The number of sulfonamides is 1. The van der Waals surface area contributed by atoms with Crippen LogP contribution in [0.3, 0.4) is 0 Å². The predicted molar refractivity (Wildman–Crippen MR) is 133 cm³/mol. The van der Waals surface area contributed by atoms with Crippen LogP contribution in [0.5, 0.6) is 11.5 Å². The summed E-state index contributed by atoms with van der Waals surface area (Å²) >= 11 is 0. The highest BCUT2D eigenvalue weighted by Gasteiger charge is 2.25. The molecule has 35 heavy (non-hydrogen) atoms. The van der Waals surface area contributed by atoms with Crippen molar-refractivity contribution in [1.29, 1.82) is 0 Å². The standard InChI is InChI=1S/C28H26FNO4S/c1-33-28-18-24(12-17-27(28)34-21-23-10-6-3-7-11-23)20-30(19-22-8-4-2-5-9-22)35(31,32)26-15-13-25(29)14-16-26/h2-18H,19-21H2,1H3. The average molecular weight is 492 g/mol. The topological polar surface area (TPSA) is 55.8 Å². The zero-order valence-corrected chi connectivity index (χ0v) is 20.1. The van der Waals surface area contributed by atoms with Gasteiger partial charge in [0.05, 0.1) is 12.0 Å². The van der Waals surface area contributed by atoms with E-state index in [9.17, 15) is 12.8 Å². The van der Waals surface area contributed by atoms with Crippen LogP contribution in [0.4, 0.5) is 4.39 Å². The van der Waals surface area contributed by atoms with Crippen LogP contribution in [-0.4, -0.2) is 19.8 Å². The van der Waals surface area contributed by atoms with Gasteiger partial charge in [-0.2, -0.15) is 4.31 Å².